The Labute approximate surface area is 230 Å². The van der Waals surface area contributed by atoms with Crippen LogP contribution in [-0.2, 0) is 11.3 Å². The minimum atomic E-state index is -5.22. The van der Waals surface area contributed by atoms with E-state index in [9.17, 15) is 31.5 Å². The van der Waals surface area contributed by atoms with Crippen LogP contribution in [0.25, 0.3) is 21.7 Å². The summed E-state index contributed by atoms with van der Waals surface area (Å²) in [5.41, 5.74) is 6.37. The molecule has 0 fully saturated rings. The molecule has 14 heteroatoms. The Hall–Kier alpha value is -4.59. The zero-order valence-electron chi connectivity index (χ0n) is 21.4. The van der Waals surface area contributed by atoms with Crippen molar-refractivity contribution in [3.8, 4) is 5.75 Å². The van der Waals surface area contributed by atoms with E-state index in [-0.39, 0.29) is 31.0 Å². The highest BCUT2D eigenvalue weighted by Gasteiger charge is 2.34. The number of primary amides is 1. The van der Waals surface area contributed by atoms with Gasteiger partial charge in [-0.2, -0.15) is 0 Å². The fraction of sp³-hybridized carbons (Fsp3) is 0.259. The number of carbonyl (C=O) groups excluding carboxylic acids is 2. The molecule has 9 nitrogen and oxygen atoms in total. The molecule has 0 aliphatic rings. The van der Waals surface area contributed by atoms with E-state index in [1.165, 1.54) is 0 Å². The molecule has 0 aliphatic carbocycles. The Bertz CT molecular complexity index is 1560. The van der Waals surface area contributed by atoms with Gasteiger partial charge in [-0.05, 0) is 42.3 Å². The van der Waals surface area contributed by atoms with E-state index in [1.54, 1.807) is 30.6 Å². The van der Waals surface area contributed by atoms with Crippen LogP contribution in [0.3, 0.4) is 0 Å². The maximum atomic E-state index is 13.8. The van der Waals surface area contributed by atoms with Gasteiger partial charge in [-0.1, -0.05) is 6.07 Å². The molecule has 0 spiro atoms. The monoisotopic (exact) mass is 576 g/mol. The number of amides is 2. The second kappa shape index (κ2) is 12.7. The highest BCUT2D eigenvalue weighted by molar-refractivity contribution is 6.11. The maximum absolute atomic E-state index is 13.8. The Balaban J connectivity index is 1.22. The van der Waals surface area contributed by atoms with Crippen LogP contribution in [-0.4, -0.2) is 47.8 Å². The molecule has 4 aromatic rings. The van der Waals surface area contributed by atoms with Crippen molar-refractivity contribution in [3.05, 3.63) is 71.6 Å². The quantitative estimate of drug-likeness (QED) is 0.113. The number of nitrogens with zero attached hydrogens (tertiary/aromatic N) is 2. The molecule has 0 atom stereocenters. The molecule has 2 heterocycles. The van der Waals surface area contributed by atoms with Gasteiger partial charge in [-0.3, -0.25) is 14.6 Å². The van der Waals surface area contributed by atoms with Gasteiger partial charge in [0.1, 0.15) is 5.82 Å². The summed E-state index contributed by atoms with van der Waals surface area (Å²) in [5, 5.41) is 11.3. The summed E-state index contributed by atoms with van der Waals surface area (Å²) >= 11 is 0. The number of anilines is 1. The number of pyridine rings is 2. The number of hydrogen-bond acceptors (Lipinski definition) is 7. The summed E-state index contributed by atoms with van der Waals surface area (Å²) in [6.07, 6.45) is -1.22. The third-order valence-electron chi connectivity index (χ3n) is 5.98. The minimum Gasteiger partial charge on any atom is -0.399 e. The number of fused-ring (bicyclic) bond motifs is 3. The first-order valence-corrected chi connectivity index (χ1v) is 12.4. The van der Waals surface area contributed by atoms with Gasteiger partial charge in [-0.15, -0.1) is 13.2 Å². The van der Waals surface area contributed by atoms with Gasteiger partial charge >= 0.3 is 6.36 Å². The van der Waals surface area contributed by atoms with E-state index in [0.717, 1.165) is 28.3 Å². The molecule has 2 aromatic heterocycles. The Morgan fingerprint density at radius 1 is 0.951 bits per heavy atom. The van der Waals surface area contributed by atoms with Gasteiger partial charge in [0.05, 0.1) is 5.52 Å². The van der Waals surface area contributed by atoms with Crippen molar-refractivity contribution in [2.45, 2.75) is 25.7 Å². The largest absolute Gasteiger partial charge is 0.573 e. The lowest BCUT2D eigenvalue weighted by molar-refractivity contribution is -0.276. The number of ether oxygens (including phenoxy) is 1. The van der Waals surface area contributed by atoms with E-state index in [0.29, 0.717) is 36.4 Å². The van der Waals surface area contributed by atoms with Crippen LogP contribution < -0.4 is 26.4 Å². The van der Waals surface area contributed by atoms with Crippen molar-refractivity contribution in [1.29, 1.82) is 0 Å². The standard InChI is InChI=1S/C27H25F5N6O3/c28-20-10-15(11-21(29)24(20)41-27(30,31)32)13-34-9-5-23(39)36-6-1-7-37-26-18-4-8-35-14-19(18)17-3-2-16(25(33)40)12-22(17)38-26/h2-4,8,10-12,14,34H,1,5-7,9,13H2,(H2,33,40)(H,36,39)(H,37,38). The van der Waals surface area contributed by atoms with Crippen molar-refractivity contribution >= 4 is 39.3 Å². The van der Waals surface area contributed by atoms with E-state index < -0.39 is 29.7 Å². The molecule has 0 radical (unpaired) electrons. The van der Waals surface area contributed by atoms with Crippen LogP contribution in [0, 0.1) is 11.6 Å². The third-order valence-corrected chi connectivity index (χ3v) is 5.98. The summed E-state index contributed by atoms with van der Waals surface area (Å²) in [7, 11) is 0. The number of halogens is 5. The van der Waals surface area contributed by atoms with Crippen molar-refractivity contribution in [2.75, 3.05) is 25.0 Å². The predicted octanol–water partition coefficient (Wildman–Crippen LogP) is 4.16. The minimum absolute atomic E-state index is 0.0532. The highest BCUT2D eigenvalue weighted by atomic mass is 19.4. The molecule has 5 N–H and O–H groups in total. The lowest BCUT2D eigenvalue weighted by atomic mass is 10.1. The van der Waals surface area contributed by atoms with E-state index in [2.05, 4.69) is 30.7 Å². The third kappa shape index (κ3) is 7.75. The summed E-state index contributed by atoms with van der Waals surface area (Å²) in [6.45, 7) is 0.944. The molecule has 0 saturated carbocycles. The summed E-state index contributed by atoms with van der Waals surface area (Å²) in [6, 6.07) is 8.32. The molecular weight excluding hydrogens is 551 g/mol. The smallest absolute Gasteiger partial charge is 0.399 e. The van der Waals surface area contributed by atoms with E-state index in [1.807, 2.05) is 6.07 Å². The molecule has 4 rings (SSSR count). The Kier molecular flexibility index (Phi) is 9.12. The molecule has 0 aliphatic heterocycles. The molecule has 41 heavy (non-hydrogen) atoms. The Morgan fingerprint density at radius 2 is 1.71 bits per heavy atom. The van der Waals surface area contributed by atoms with Crippen LogP contribution in [0.2, 0.25) is 0 Å². The predicted molar refractivity (Wildman–Crippen MR) is 141 cm³/mol. The van der Waals surface area contributed by atoms with Crippen LogP contribution in [0.1, 0.15) is 28.8 Å². The Morgan fingerprint density at radius 3 is 2.41 bits per heavy atom. The first-order chi connectivity index (χ1) is 19.5. The normalized spacial score (nSPS) is 11.5. The van der Waals surface area contributed by atoms with Crippen molar-refractivity contribution in [3.63, 3.8) is 0 Å². The van der Waals surface area contributed by atoms with Gasteiger partial charge in [0.2, 0.25) is 17.6 Å². The first kappa shape index (κ1) is 29.4. The first-order valence-electron chi connectivity index (χ1n) is 12.4. The lowest BCUT2D eigenvalue weighted by Gasteiger charge is -2.13. The fourth-order valence-corrected chi connectivity index (χ4v) is 4.11. The molecular formula is C27H25F5N6O3. The number of nitrogens with two attached hydrogens (primary N) is 1. The second-order valence-corrected chi connectivity index (χ2v) is 8.97. The van der Waals surface area contributed by atoms with Crippen molar-refractivity contribution < 1.29 is 36.3 Å². The number of nitrogens with one attached hydrogen (secondary N) is 3. The van der Waals surface area contributed by atoms with Crippen LogP contribution in [0.5, 0.6) is 5.75 Å². The fourth-order valence-electron chi connectivity index (χ4n) is 4.11. The second-order valence-electron chi connectivity index (χ2n) is 8.97. The summed E-state index contributed by atoms with van der Waals surface area (Å²) in [4.78, 5) is 32.5. The van der Waals surface area contributed by atoms with Gasteiger partial charge in [0, 0.05) is 66.7 Å². The highest BCUT2D eigenvalue weighted by Crippen LogP contribution is 2.30. The van der Waals surface area contributed by atoms with Crippen LogP contribution in [0.15, 0.2) is 48.8 Å². The van der Waals surface area contributed by atoms with Crippen LogP contribution in [0.4, 0.5) is 27.8 Å². The molecule has 0 bridgehead atoms. The molecule has 2 aromatic carbocycles. The van der Waals surface area contributed by atoms with Crippen molar-refractivity contribution in [1.82, 2.24) is 20.6 Å². The van der Waals surface area contributed by atoms with Gasteiger partial charge in [-0.25, -0.2) is 13.8 Å². The molecule has 0 unspecified atom stereocenters. The zero-order chi connectivity index (χ0) is 29.6. The van der Waals surface area contributed by atoms with Gasteiger partial charge in [0.25, 0.3) is 0 Å². The number of rotatable bonds is 12. The average molecular weight is 577 g/mol. The molecule has 2 amide bonds. The topological polar surface area (TPSA) is 131 Å². The average Bonchev–Trinajstić information content (AvgIpc) is 2.92. The molecule has 216 valence electrons. The van der Waals surface area contributed by atoms with E-state index in [4.69, 9.17) is 5.73 Å². The van der Waals surface area contributed by atoms with Gasteiger partial charge < -0.3 is 26.4 Å². The van der Waals surface area contributed by atoms with E-state index >= 15 is 0 Å². The van der Waals surface area contributed by atoms with Crippen molar-refractivity contribution in [2.24, 2.45) is 5.73 Å². The summed E-state index contributed by atoms with van der Waals surface area (Å²) < 4.78 is 67.7. The number of carbonyl (C=O) groups is 2. The van der Waals surface area contributed by atoms with Crippen LogP contribution >= 0.6 is 0 Å². The zero-order valence-corrected chi connectivity index (χ0v) is 21.4. The molecule has 0 saturated heterocycles. The maximum Gasteiger partial charge on any atom is 0.573 e. The van der Waals surface area contributed by atoms with Gasteiger partial charge in [0.15, 0.2) is 11.6 Å². The number of alkyl halides is 3. The SMILES string of the molecule is NC(=O)c1ccc2c(c1)nc(NCCCNC(=O)CCNCc1cc(F)c(OC(F)(F)F)c(F)c1)c1ccncc12. The summed E-state index contributed by atoms with van der Waals surface area (Å²) in [5.74, 6) is -4.71. The number of aromatic nitrogens is 2. The number of benzene rings is 2. The number of hydrogen-bond donors (Lipinski definition) is 4. The lowest BCUT2D eigenvalue weighted by Crippen LogP contribution is -2.29.